The van der Waals surface area contributed by atoms with Crippen LogP contribution in [-0.2, 0) is 6.54 Å². The SMILES string of the molecule is NCc1cccc(Nc2ncccc2Cl)c1. The van der Waals surface area contributed by atoms with Crippen LogP contribution in [0.2, 0.25) is 5.02 Å². The predicted molar refractivity (Wildman–Crippen MR) is 66.9 cm³/mol. The summed E-state index contributed by atoms with van der Waals surface area (Å²) >= 11 is 6.00. The maximum Gasteiger partial charge on any atom is 0.149 e. The van der Waals surface area contributed by atoms with E-state index < -0.39 is 0 Å². The molecule has 4 heteroatoms. The zero-order chi connectivity index (χ0) is 11.4. The normalized spacial score (nSPS) is 10.1. The number of pyridine rings is 1. The summed E-state index contributed by atoms with van der Waals surface area (Å²) in [7, 11) is 0. The van der Waals surface area contributed by atoms with Crippen molar-refractivity contribution in [2.75, 3.05) is 5.32 Å². The van der Waals surface area contributed by atoms with Crippen LogP contribution in [0.15, 0.2) is 42.6 Å². The number of nitrogens with two attached hydrogens (primary N) is 1. The first-order chi connectivity index (χ1) is 7.79. The molecule has 1 aromatic heterocycles. The number of rotatable bonds is 3. The molecule has 0 bridgehead atoms. The fourth-order valence-electron chi connectivity index (χ4n) is 1.39. The number of halogens is 1. The third-order valence-electron chi connectivity index (χ3n) is 2.18. The van der Waals surface area contributed by atoms with Crippen LogP contribution < -0.4 is 11.1 Å². The maximum absolute atomic E-state index is 6.00. The molecular formula is C12H12ClN3. The van der Waals surface area contributed by atoms with Gasteiger partial charge in [-0.2, -0.15) is 0 Å². The largest absolute Gasteiger partial charge is 0.339 e. The lowest BCUT2D eigenvalue weighted by molar-refractivity contribution is 1.07. The van der Waals surface area contributed by atoms with E-state index in [4.69, 9.17) is 17.3 Å². The fourth-order valence-corrected chi connectivity index (χ4v) is 1.56. The molecule has 2 rings (SSSR count). The van der Waals surface area contributed by atoms with Gasteiger partial charge in [-0.1, -0.05) is 23.7 Å². The average molecular weight is 234 g/mol. The average Bonchev–Trinajstić information content (AvgIpc) is 2.32. The van der Waals surface area contributed by atoms with Gasteiger partial charge in [-0.25, -0.2) is 4.98 Å². The first-order valence-corrected chi connectivity index (χ1v) is 5.34. The van der Waals surface area contributed by atoms with Crippen LogP contribution in [0.3, 0.4) is 0 Å². The van der Waals surface area contributed by atoms with Gasteiger partial charge in [0.05, 0.1) is 5.02 Å². The van der Waals surface area contributed by atoms with Crippen molar-refractivity contribution in [3.05, 3.63) is 53.2 Å². The molecule has 0 amide bonds. The van der Waals surface area contributed by atoms with Gasteiger partial charge in [-0.15, -0.1) is 0 Å². The minimum Gasteiger partial charge on any atom is -0.339 e. The molecule has 0 saturated heterocycles. The molecule has 16 heavy (non-hydrogen) atoms. The Morgan fingerprint density at radius 2 is 2.12 bits per heavy atom. The van der Waals surface area contributed by atoms with Crippen LogP contribution in [0, 0.1) is 0 Å². The zero-order valence-electron chi connectivity index (χ0n) is 8.65. The third-order valence-corrected chi connectivity index (χ3v) is 2.49. The summed E-state index contributed by atoms with van der Waals surface area (Å²) in [5.41, 5.74) is 7.57. The van der Waals surface area contributed by atoms with E-state index in [1.807, 2.05) is 24.3 Å². The lowest BCUT2D eigenvalue weighted by Crippen LogP contribution is -1.98. The Kier molecular flexibility index (Phi) is 3.39. The molecule has 3 N–H and O–H groups in total. The zero-order valence-corrected chi connectivity index (χ0v) is 9.41. The molecular weight excluding hydrogens is 222 g/mol. The van der Waals surface area contributed by atoms with E-state index in [9.17, 15) is 0 Å². The van der Waals surface area contributed by atoms with E-state index in [-0.39, 0.29) is 0 Å². The second kappa shape index (κ2) is 4.96. The minimum atomic E-state index is 0.519. The Bertz CT molecular complexity index is 485. The second-order valence-corrected chi connectivity index (χ2v) is 3.77. The van der Waals surface area contributed by atoms with Crippen molar-refractivity contribution in [1.82, 2.24) is 4.98 Å². The molecule has 0 aliphatic rings. The van der Waals surface area contributed by atoms with Crippen LogP contribution in [0.5, 0.6) is 0 Å². The summed E-state index contributed by atoms with van der Waals surface area (Å²) < 4.78 is 0. The highest BCUT2D eigenvalue weighted by molar-refractivity contribution is 6.33. The van der Waals surface area contributed by atoms with Crippen LogP contribution in [0.4, 0.5) is 11.5 Å². The molecule has 0 spiro atoms. The lowest BCUT2D eigenvalue weighted by Gasteiger charge is -2.07. The van der Waals surface area contributed by atoms with Crippen molar-refractivity contribution in [1.29, 1.82) is 0 Å². The highest BCUT2D eigenvalue weighted by Crippen LogP contribution is 2.22. The standard InChI is InChI=1S/C12H12ClN3/c13-11-5-2-6-15-12(11)16-10-4-1-3-9(7-10)8-14/h1-7H,8,14H2,(H,15,16). The number of anilines is 2. The van der Waals surface area contributed by atoms with E-state index in [1.165, 1.54) is 0 Å². The monoisotopic (exact) mass is 233 g/mol. The summed E-state index contributed by atoms with van der Waals surface area (Å²) in [5.74, 6) is 0.651. The first kappa shape index (κ1) is 10.9. The first-order valence-electron chi connectivity index (χ1n) is 4.96. The third kappa shape index (κ3) is 2.51. The minimum absolute atomic E-state index is 0.519. The molecule has 0 radical (unpaired) electrons. The van der Waals surface area contributed by atoms with E-state index in [1.54, 1.807) is 18.3 Å². The van der Waals surface area contributed by atoms with Gasteiger partial charge >= 0.3 is 0 Å². The van der Waals surface area contributed by atoms with Gasteiger partial charge in [-0.05, 0) is 29.8 Å². The van der Waals surface area contributed by atoms with Gasteiger partial charge in [0.25, 0.3) is 0 Å². The van der Waals surface area contributed by atoms with Gasteiger partial charge in [-0.3, -0.25) is 0 Å². The topological polar surface area (TPSA) is 50.9 Å². The van der Waals surface area contributed by atoms with Crippen molar-refractivity contribution < 1.29 is 0 Å². The summed E-state index contributed by atoms with van der Waals surface area (Å²) in [6.45, 7) is 0.519. The van der Waals surface area contributed by atoms with Crippen LogP contribution in [-0.4, -0.2) is 4.98 Å². The smallest absolute Gasteiger partial charge is 0.149 e. The molecule has 0 aliphatic heterocycles. The van der Waals surface area contributed by atoms with Crippen LogP contribution >= 0.6 is 11.6 Å². The number of aromatic nitrogens is 1. The number of hydrogen-bond acceptors (Lipinski definition) is 3. The maximum atomic E-state index is 6.00. The van der Waals surface area contributed by atoms with Gasteiger partial charge < -0.3 is 11.1 Å². The lowest BCUT2D eigenvalue weighted by atomic mass is 10.2. The van der Waals surface area contributed by atoms with Crippen LogP contribution in [0.25, 0.3) is 0 Å². The van der Waals surface area contributed by atoms with Crippen molar-refractivity contribution >= 4 is 23.1 Å². The number of hydrogen-bond donors (Lipinski definition) is 2. The van der Waals surface area contributed by atoms with E-state index in [2.05, 4.69) is 10.3 Å². The van der Waals surface area contributed by atoms with Crippen molar-refractivity contribution in [3.63, 3.8) is 0 Å². The number of nitrogens with zero attached hydrogens (tertiary/aromatic N) is 1. The molecule has 0 atom stereocenters. The van der Waals surface area contributed by atoms with Gasteiger partial charge in [0, 0.05) is 18.4 Å². The van der Waals surface area contributed by atoms with E-state index in [0.717, 1.165) is 11.3 Å². The van der Waals surface area contributed by atoms with Gasteiger partial charge in [0.15, 0.2) is 0 Å². The van der Waals surface area contributed by atoms with Crippen LogP contribution in [0.1, 0.15) is 5.56 Å². The highest BCUT2D eigenvalue weighted by Gasteiger charge is 2.01. The molecule has 82 valence electrons. The Morgan fingerprint density at radius 1 is 1.25 bits per heavy atom. The Labute approximate surface area is 99.3 Å². The molecule has 0 unspecified atom stereocenters. The molecule has 0 saturated carbocycles. The van der Waals surface area contributed by atoms with E-state index >= 15 is 0 Å². The molecule has 2 aromatic rings. The summed E-state index contributed by atoms with van der Waals surface area (Å²) in [4.78, 5) is 4.15. The summed E-state index contributed by atoms with van der Waals surface area (Å²) in [6.07, 6.45) is 1.70. The number of benzene rings is 1. The quantitative estimate of drug-likeness (QED) is 0.857. The molecule has 0 fully saturated rings. The van der Waals surface area contributed by atoms with Gasteiger partial charge in [0.2, 0.25) is 0 Å². The highest BCUT2D eigenvalue weighted by atomic mass is 35.5. The van der Waals surface area contributed by atoms with Crippen molar-refractivity contribution in [2.24, 2.45) is 5.73 Å². The van der Waals surface area contributed by atoms with Crippen molar-refractivity contribution in [2.45, 2.75) is 6.54 Å². The molecule has 1 heterocycles. The fraction of sp³-hybridized carbons (Fsp3) is 0.0833. The molecule has 3 nitrogen and oxygen atoms in total. The number of nitrogens with one attached hydrogen (secondary N) is 1. The summed E-state index contributed by atoms with van der Waals surface area (Å²) in [5, 5.41) is 3.75. The second-order valence-electron chi connectivity index (χ2n) is 3.36. The summed E-state index contributed by atoms with van der Waals surface area (Å²) in [6, 6.07) is 11.4. The Balaban J connectivity index is 2.24. The predicted octanol–water partition coefficient (Wildman–Crippen LogP) is 2.94. The Morgan fingerprint density at radius 3 is 2.88 bits per heavy atom. The molecule has 1 aromatic carbocycles. The Hall–Kier alpha value is -1.58. The van der Waals surface area contributed by atoms with E-state index in [0.29, 0.717) is 17.4 Å². The van der Waals surface area contributed by atoms with Gasteiger partial charge in [0.1, 0.15) is 5.82 Å². The van der Waals surface area contributed by atoms with Crippen molar-refractivity contribution in [3.8, 4) is 0 Å². The molecule has 0 aliphatic carbocycles.